The number of aliphatic hydroxyl groups excluding tert-OH is 1. The lowest BCUT2D eigenvalue weighted by Crippen LogP contribution is -2.49. The third kappa shape index (κ3) is 6.01. The van der Waals surface area contributed by atoms with Gasteiger partial charge < -0.3 is 25.0 Å². The average Bonchev–Trinajstić information content (AvgIpc) is 3.43. The molecule has 3 N–H and O–H groups in total. The Morgan fingerprint density at radius 3 is 2.65 bits per heavy atom. The number of nitrogens with one attached hydrogen (secondary N) is 2. The molecule has 10 nitrogen and oxygen atoms in total. The van der Waals surface area contributed by atoms with E-state index < -0.39 is 11.9 Å². The maximum absolute atomic E-state index is 14.8. The molecule has 0 spiro atoms. The molecule has 1 saturated heterocycles. The van der Waals surface area contributed by atoms with Gasteiger partial charge in [0.25, 0.3) is 5.91 Å². The topological polar surface area (TPSA) is 129 Å². The van der Waals surface area contributed by atoms with E-state index in [9.17, 15) is 9.18 Å². The Balaban J connectivity index is 0.000000248. The van der Waals surface area contributed by atoms with Crippen LogP contribution < -0.4 is 10.1 Å². The molecular formula is C28H27ClFN7O3. The summed E-state index contributed by atoms with van der Waals surface area (Å²) in [5, 5.41) is 13.2. The minimum Gasteiger partial charge on any atom is -0.424 e. The van der Waals surface area contributed by atoms with E-state index in [4.69, 9.17) is 21.4 Å². The molecule has 4 heterocycles. The van der Waals surface area contributed by atoms with Crippen molar-refractivity contribution >= 4 is 39.4 Å². The lowest BCUT2D eigenvalue weighted by Gasteiger charge is -2.28. The number of pyridine rings is 1. The zero-order valence-electron chi connectivity index (χ0n) is 21.9. The van der Waals surface area contributed by atoms with Gasteiger partial charge in [-0.3, -0.25) is 9.78 Å². The summed E-state index contributed by atoms with van der Waals surface area (Å²) >= 11 is 6.46. The maximum Gasteiger partial charge on any atom is 0.322 e. The first-order valence-electron chi connectivity index (χ1n) is 12.7. The summed E-state index contributed by atoms with van der Waals surface area (Å²) in [6.07, 6.45) is 3.98. The van der Waals surface area contributed by atoms with Crippen molar-refractivity contribution in [2.75, 3.05) is 26.2 Å². The summed E-state index contributed by atoms with van der Waals surface area (Å²) < 4.78 is 20.5. The Morgan fingerprint density at radius 2 is 1.93 bits per heavy atom. The Hall–Kier alpha value is -4.19. The lowest BCUT2D eigenvalue weighted by atomic mass is 10.0. The van der Waals surface area contributed by atoms with E-state index in [1.807, 2.05) is 6.92 Å². The number of carbonyl (C=O) groups is 1. The van der Waals surface area contributed by atoms with Crippen LogP contribution in [0.2, 0.25) is 5.02 Å². The molecule has 40 heavy (non-hydrogen) atoms. The number of benzene rings is 2. The summed E-state index contributed by atoms with van der Waals surface area (Å²) in [4.78, 5) is 32.7. The molecule has 12 heteroatoms. The molecule has 1 atom stereocenters. The van der Waals surface area contributed by atoms with Gasteiger partial charge in [0.1, 0.15) is 17.7 Å². The monoisotopic (exact) mass is 563 g/mol. The van der Waals surface area contributed by atoms with Crippen molar-refractivity contribution in [1.29, 1.82) is 0 Å². The average molecular weight is 564 g/mol. The van der Waals surface area contributed by atoms with Crippen molar-refractivity contribution in [3.05, 3.63) is 71.7 Å². The number of aromatic nitrogens is 5. The van der Waals surface area contributed by atoms with Crippen LogP contribution in [-0.2, 0) is 4.79 Å². The molecule has 0 radical (unpaired) electrons. The van der Waals surface area contributed by atoms with Gasteiger partial charge in [0, 0.05) is 66.7 Å². The van der Waals surface area contributed by atoms with E-state index in [1.165, 1.54) is 13.0 Å². The number of rotatable bonds is 4. The predicted molar refractivity (Wildman–Crippen MR) is 150 cm³/mol. The normalized spacial score (nSPS) is 14.1. The van der Waals surface area contributed by atoms with Gasteiger partial charge in [-0.15, -0.1) is 0 Å². The summed E-state index contributed by atoms with van der Waals surface area (Å²) in [5.74, 6) is -0.120. The van der Waals surface area contributed by atoms with Gasteiger partial charge in [-0.05, 0) is 38.1 Å². The highest BCUT2D eigenvalue weighted by Crippen LogP contribution is 2.36. The minimum atomic E-state index is -0.854. The number of hydrogen-bond acceptors (Lipinski definition) is 8. The number of aromatic amines is 1. The first kappa shape index (κ1) is 27.4. The molecule has 6 rings (SSSR count). The van der Waals surface area contributed by atoms with Gasteiger partial charge in [-0.1, -0.05) is 11.6 Å². The SMILES string of the molecule is CC(O)C(=O)N1CCNCC1.Cc1ccnc(Oc2ccc(-c3cc4c(cc3F)ncc3[nH]cnc34)c(Cl)c2)n1. The van der Waals surface area contributed by atoms with Crippen LogP contribution in [0.3, 0.4) is 0 Å². The molecule has 1 amide bonds. The number of aliphatic hydroxyl groups is 1. The second-order valence-corrected chi connectivity index (χ2v) is 9.65. The van der Waals surface area contributed by atoms with Gasteiger partial charge in [0.05, 0.1) is 34.1 Å². The molecule has 0 aliphatic carbocycles. The van der Waals surface area contributed by atoms with Crippen molar-refractivity contribution < 1.29 is 19.0 Å². The summed E-state index contributed by atoms with van der Waals surface area (Å²) in [6, 6.07) is 10.1. The Morgan fingerprint density at radius 1 is 1.12 bits per heavy atom. The molecular weight excluding hydrogens is 537 g/mol. The van der Waals surface area contributed by atoms with Gasteiger partial charge in [-0.2, -0.15) is 0 Å². The largest absolute Gasteiger partial charge is 0.424 e. The quantitative estimate of drug-likeness (QED) is 0.296. The second kappa shape index (κ2) is 11.9. The number of amides is 1. The molecule has 3 aromatic heterocycles. The summed E-state index contributed by atoms with van der Waals surface area (Å²) in [5.41, 5.74) is 3.72. The maximum atomic E-state index is 14.8. The lowest BCUT2D eigenvalue weighted by molar-refractivity contribution is -0.139. The molecule has 5 aromatic rings. The van der Waals surface area contributed by atoms with E-state index in [0.29, 0.717) is 40.5 Å². The van der Waals surface area contributed by atoms with Gasteiger partial charge in [0.2, 0.25) is 0 Å². The van der Waals surface area contributed by atoms with Crippen molar-refractivity contribution in [1.82, 2.24) is 35.1 Å². The highest BCUT2D eigenvalue weighted by molar-refractivity contribution is 6.33. The van der Waals surface area contributed by atoms with Crippen LogP contribution in [0.25, 0.3) is 33.1 Å². The van der Waals surface area contributed by atoms with Crippen LogP contribution in [-0.4, -0.2) is 73.1 Å². The Kier molecular flexibility index (Phi) is 8.15. The molecule has 1 aliphatic rings. The van der Waals surface area contributed by atoms with E-state index in [1.54, 1.807) is 54.0 Å². The van der Waals surface area contributed by atoms with Crippen LogP contribution in [0.5, 0.6) is 11.8 Å². The molecule has 1 unspecified atom stereocenters. The van der Waals surface area contributed by atoms with Crippen LogP contribution in [0.1, 0.15) is 12.6 Å². The van der Waals surface area contributed by atoms with Crippen LogP contribution in [0, 0.1) is 12.7 Å². The fourth-order valence-electron chi connectivity index (χ4n) is 4.32. The van der Waals surface area contributed by atoms with E-state index >= 15 is 0 Å². The predicted octanol–water partition coefficient (Wildman–Crippen LogP) is 4.26. The highest BCUT2D eigenvalue weighted by atomic mass is 35.5. The minimum absolute atomic E-state index is 0.161. The standard InChI is InChI=1S/C21H13ClFN5O.C7H14N2O2/c1-11-4-5-24-21(28-11)29-12-2-3-13(16(22)6-12)14-7-15-18(8-17(14)23)25-9-19-20(15)27-10-26-19;1-6(10)7(11)9-4-2-8-3-5-9/h2-10H,1H3,(H,26,27);6,8,10H,2-5H2,1H3. The highest BCUT2D eigenvalue weighted by Gasteiger charge is 2.19. The van der Waals surface area contributed by atoms with E-state index in [2.05, 4.69) is 30.2 Å². The number of hydrogen-bond donors (Lipinski definition) is 3. The number of ether oxygens (including phenoxy) is 1. The van der Waals surface area contributed by atoms with Crippen molar-refractivity contribution in [2.45, 2.75) is 20.0 Å². The fraction of sp³-hybridized carbons (Fsp3) is 0.250. The zero-order chi connectivity index (χ0) is 28.2. The number of carbonyl (C=O) groups excluding carboxylic acids is 1. The van der Waals surface area contributed by atoms with E-state index in [-0.39, 0.29) is 11.9 Å². The zero-order valence-corrected chi connectivity index (χ0v) is 22.6. The number of H-pyrrole nitrogens is 1. The number of halogens is 2. The van der Waals surface area contributed by atoms with Crippen molar-refractivity contribution in [3.8, 4) is 22.9 Å². The Labute approximate surface area is 234 Å². The summed E-state index contributed by atoms with van der Waals surface area (Å²) in [6.45, 7) is 6.44. The number of imidazole rings is 1. The van der Waals surface area contributed by atoms with Crippen LogP contribution >= 0.6 is 11.6 Å². The number of fused-ring (bicyclic) bond motifs is 3. The molecule has 0 bridgehead atoms. The number of nitrogens with zero attached hydrogens (tertiary/aromatic N) is 5. The number of aryl methyl sites for hydroxylation is 1. The Bertz CT molecular complexity index is 1670. The molecule has 0 saturated carbocycles. The first-order valence-corrected chi connectivity index (χ1v) is 13.0. The van der Waals surface area contributed by atoms with Crippen LogP contribution in [0.4, 0.5) is 4.39 Å². The summed E-state index contributed by atoms with van der Waals surface area (Å²) in [7, 11) is 0. The number of piperazine rings is 1. The third-order valence-corrected chi connectivity index (χ3v) is 6.65. The molecule has 1 fully saturated rings. The molecule has 206 valence electrons. The van der Waals surface area contributed by atoms with Crippen molar-refractivity contribution in [2.24, 2.45) is 0 Å². The third-order valence-electron chi connectivity index (χ3n) is 6.34. The van der Waals surface area contributed by atoms with E-state index in [0.717, 1.165) is 35.2 Å². The van der Waals surface area contributed by atoms with Gasteiger partial charge in [0.15, 0.2) is 0 Å². The fourth-order valence-corrected chi connectivity index (χ4v) is 4.60. The smallest absolute Gasteiger partial charge is 0.322 e. The van der Waals surface area contributed by atoms with Gasteiger partial charge >= 0.3 is 6.01 Å². The van der Waals surface area contributed by atoms with Crippen molar-refractivity contribution in [3.63, 3.8) is 0 Å². The first-order chi connectivity index (χ1) is 19.3. The molecule has 2 aromatic carbocycles. The van der Waals surface area contributed by atoms with Crippen LogP contribution in [0.15, 0.2) is 55.1 Å². The molecule has 1 aliphatic heterocycles. The second-order valence-electron chi connectivity index (χ2n) is 9.25. The van der Waals surface area contributed by atoms with Gasteiger partial charge in [-0.25, -0.2) is 19.3 Å².